The Morgan fingerprint density at radius 1 is 1.29 bits per heavy atom. The van der Waals surface area contributed by atoms with E-state index in [2.05, 4.69) is 5.32 Å². The maximum atomic E-state index is 13.5. The molecule has 2 rings (SSSR count). The van der Waals surface area contributed by atoms with Gasteiger partial charge in [-0.15, -0.1) is 0 Å². The van der Waals surface area contributed by atoms with Crippen LogP contribution >= 0.6 is 0 Å². The predicted molar refractivity (Wildman–Crippen MR) is 104 cm³/mol. The van der Waals surface area contributed by atoms with Gasteiger partial charge in [-0.1, -0.05) is 51.1 Å². The summed E-state index contributed by atoms with van der Waals surface area (Å²) in [6.07, 6.45) is -2.19. The van der Waals surface area contributed by atoms with Crippen LogP contribution in [0.5, 0.6) is 0 Å². The number of rotatable bonds is 7. The number of halogens is 2. The van der Waals surface area contributed by atoms with E-state index in [1.165, 1.54) is 0 Å². The molecule has 0 aliphatic heterocycles. The molecule has 0 heterocycles. The SMILES string of the molecule is CC(C)(C)C(NC1CCC(F)(F)CC1)[C@H](O)[C@H](Cc1ccccc1)OC(N)=O. The summed E-state index contributed by atoms with van der Waals surface area (Å²) in [5, 5.41) is 14.5. The summed E-state index contributed by atoms with van der Waals surface area (Å²) in [5.41, 5.74) is 5.74. The monoisotopic (exact) mass is 398 g/mol. The summed E-state index contributed by atoms with van der Waals surface area (Å²) in [7, 11) is 0. The zero-order valence-electron chi connectivity index (χ0n) is 16.8. The van der Waals surface area contributed by atoms with E-state index < -0.39 is 35.7 Å². The van der Waals surface area contributed by atoms with Gasteiger partial charge in [-0.2, -0.15) is 0 Å². The van der Waals surface area contributed by atoms with E-state index in [9.17, 15) is 18.7 Å². The standard InChI is InChI=1S/C21H32F2N2O3/c1-20(2,3)18(25-15-9-11-21(22,23)12-10-15)17(26)16(28-19(24)27)13-14-7-5-4-6-8-14/h4-8,15-18,25-26H,9-13H2,1-3H3,(H2,24,27)/t16-,17+,18?/m0/s1. The number of aliphatic hydroxyl groups excluding tert-OH is 1. The normalized spacial score (nSPS) is 20.9. The van der Waals surface area contributed by atoms with E-state index in [-0.39, 0.29) is 18.9 Å². The van der Waals surface area contributed by atoms with Crippen LogP contribution in [0.2, 0.25) is 0 Å². The third-order valence-corrected chi connectivity index (χ3v) is 5.34. The molecule has 0 aromatic heterocycles. The Balaban J connectivity index is 2.15. The fourth-order valence-corrected chi connectivity index (χ4v) is 3.76. The topological polar surface area (TPSA) is 84.6 Å². The number of carbonyl (C=O) groups excluding carboxylic acids is 1. The molecule has 1 aromatic rings. The van der Waals surface area contributed by atoms with E-state index >= 15 is 0 Å². The van der Waals surface area contributed by atoms with E-state index in [4.69, 9.17) is 10.5 Å². The maximum Gasteiger partial charge on any atom is 0.404 e. The first-order valence-electron chi connectivity index (χ1n) is 9.80. The minimum absolute atomic E-state index is 0.121. The number of hydrogen-bond acceptors (Lipinski definition) is 4. The fourth-order valence-electron chi connectivity index (χ4n) is 3.76. The van der Waals surface area contributed by atoms with E-state index in [0.717, 1.165) is 5.56 Å². The number of nitrogens with two attached hydrogens (primary N) is 1. The number of nitrogens with one attached hydrogen (secondary N) is 1. The van der Waals surface area contributed by atoms with Crippen LogP contribution in [0.3, 0.4) is 0 Å². The zero-order valence-corrected chi connectivity index (χ0v) is 16.8. The van der Waals surface area contributed by atoms with Gasteiger partial charge in [-0.3, -0.25) is 0 Å². The third-order valence-electron chi connectivity index (χ3n) is 5.34. The van der Waals surface area contributed by atoms with Crippen LogP contribution in [0, 0.1) is 5.41 Å². The van der Waals surface area contributed by atoms with Gasteiger partial charge in [-0.05, 0) is 23.8 Å². The lowest BCUT2D eigenvalue weighted by molar-refractivity contribution is -0.0574. The van der Waals surface area contributed by atoms with E-state index in [1.54, 1.807) is 0 Å². The third kappa shape index (κ3) is 6.71. The molecule has 5 nitrogen and oxygen atoms in total. The Labute approximate surface area is 165 Å². The molecule has 7 heteroatoms. The van der Waals surface area contributed by atoms with Gasteiger partial charge in [0.2, 0.25) is 5.92 Å². The molecule has 0 saturated heterocycles. The van der Waals surface area contributed by atoms with Crippen molar-refractivity contribution in [1.29, 1.82) is 0 Å². The number of primary amides is 1. The number of aliphatic hydroxyl groups is 1. The summed E-state index contributed by atoms with van der Waals surface area (Å²) in [6, 6.07) is 8.79. The van der Waals surface area contributed by atoms with Crippen LogP contribution in [-0.2, 0) is 11.2 Å². The van der Waals surface area contributed by atoms with E-state index in [0.29, 0.717) is 19.3 Å². The minimum Gasteiger partial charge on any atom is -0.443 e. The van der Waals surface area contributed by atoms with Crippen molar-refractivity contribution in [3.63, 3.8) is 0 Å². The van der Waals surface area contributed by atoms with Crippen LogP contribution in [0.25, 0.3) is 0 Å². The summed E-state index contributed by atoms with van der Waals surface area (Å²) in [6.45, 7) is 5.86. The van der Waals surface area contributed by atoms with Gasteiger partial charge < -0.3 is 20.9 Å². The first kappa shape index (κ1) is 22.6. The Bertz CT molecular complexity index is 624. The highest BCUT2D eigenvalue weighted by Crippen LogP contribution is 2.35. The van der Waals surface area contributed by atoms with Gasteiger partial charge >= 0.3 is 6.09 Å². The highest BCUT2D eigenvalue weighted by atomic mass is 19.3. The first-order chi connectivity index (χ1) is 13.0. The Morgan fingerprint density at radius 2 is 1.86 bits per heavy atom. The quantitative estimate of drug-likeness (QED) is 0.655. The largest absolute Gasteiger partial charge is 0.443 e. The van der Waals surface area contributed by atoms with Gasteiger partial charge in [0, 0.05) is 31.3 Å². The molecular formula is C21H32F2N2O3. The van der Waals surface area contributed by atoms with Crippen molar-refractivity contribution >= 4 is 6.09 Å². The highest BCUT2D eigenvalue weighted by molar-refractivity contribution is 5.64. The number of alkyl halides is 2. The van der Waals surface area contributed by atoms with Gasteiger partial charge in [-0.25, -0.2) is 13.6 Å². The molecule has 0 radical (unpaired) electrons. The number of ether oxygens (including phenoxy) is 1. The second-order valence-electron chi connectivity index (χ2n) is 8.80. The first-order valence-corrected chi connectivity index (χ1v) is 9.80. The summed E-state index contributed by atoms with van der Waals surface area (Å²) in [4.78, 5) is 11.4. The van der Waals surface area contributed by atoms with Crippen molar-refractivity contribution < 1.29 is 23.4 Å². The molecule has 1 unspecified atom stereocenters. The van der Waals surface area contributed by atoms with Crippen LogP contribution < -0.4 is 11.1 Å². The maximum absolute atomic E-state index is 13.5. The van der Waals surface area contributed by atoms with Gasteiger partial charge in [0.05, 0.1) is 0 Å². The summed E-state index contributed by atoms with van der Waals surface area (Å²) < 4.78 is 32.2. The molecule has 3 atom stereocenters. The average molecular weight is 398 g/mol. The van der Waals surface area contributed by atoms with Crippen LogP contribution in [-0.4, -0.2) is 41.4 Å². The summed E-state index contributed by atoms with van der Waals surface area (Å²) in [5.74, 6) is -2.61. The predicted octanol–water partition coefficient (Wildman–Crippen LogP) is 3.64. The molecule has 1 amide bonds. The molecule has 0 spiro atoms. The number of hydrogen-bond donors (Lipinski definition) is 3. The lowest BCUT2D eigenvalue weighted by Gasteiger charge is -2.42. The van der Waals surface area contributed by atoms with Crippen molar-refractivity contribution in [2.24, 2.45) is 11.1 Å². The average Bonchev–Trinajstić information content (AvgIpc) is 2.59. The number of amides is 1. The molecule has 4 N–H and O–H groups in total. The molecule has 0 bridgehead atoms. The molecule has 1 aromatic carbocycles. The lowest BCUT2D eigenvalue weighted by Crippen LogP contribution is -2.58. The summed E-state index contributed by atoms with van der Waals surface area (Å²) >= 11 is 0. The lowest BCUT2D eigenvalue weighted by atomic mass is 9.79. The minimum atomic E-state index is -2.61. The van der Waals surface area contributed by atoms with Gasteiger partial charge in [0.1, 0.15) is 12.2 Å². The highest BCUT2D eigenvalue weighted by Gasteiger charge is 2.41. The molecule has 1 fully saturated rings. The molecule has 1 saturated carbocycles. The molecule has 1 aliphatic rings. The van der Waals surface area contributed by atoms with Crippen LogP contribution in [0.15, 0.2) is 30.3 Å². The number of carbonyl (C=O) groups is 1. The Morgan fingerprint density at radius 3 is 2.36 bits per heavy atom. The Hall–Kier alpha value is -1.73. The van der Waals surface area contributed by atoms with Crippen molar-refractivity contribution in [2.75, 3.05) is 0 Å². The van der Waals surface area contributed by atoms with Gasteiger partial charge in [0.15, 0.2) is 0 Å². The van der Waals surface area contributed by atoms with Gasteiger partial charge in [0.25, 0.3) is 0 Å². The smallest absolute Gasteiger partial charge is 0.404 e. The zero-order chi connectivity index (χ0) is 20.9. The van der Waals surface area contributed by atoms with Crippen LogP contribution in [0.1, 0.15) is 52.0 Å². The van der Waals surface area contributed by atoms with Crippen molar-refractivity contribution in [1.82, 2.24) is 5.32 Å². The van der Waals surface area contributed by atoms with E-state index in [1.807, 2.05) is 51.1 Å². The van der Waals surface area contributed by atoms with Crippen molar-refractivity contribution in [3.8, 4) is 0 Å². The molecule has 28 heavy (non-hydrogen) atoms. The van der Waals surface area contributed by atoms with Crippen molar-refractivity contribution in [3.05, 3.63) is 35.9 Å². The molecule has 1 aliphatic carbocycles. The second-order valence-corrected chi connectivity index (χ2v) is 8.80. The Kier molecular flexibility index (Phi) is 7.39. The number of benzene rings is 1. The fraction of sp³-hybridized carbons (Fsp3) is 0.667. The van der Waals surface area contributed by atoms with Crippen LogP contribution in [0.4, 0.5) is 13.6 Å². The van der Waals surface area contributed by atoms with Crippen molar-refractivity contribution in [2.45, 2.75) is 83.1 Å². The second kappa shape index (κ2) is 9.18. The molecule has 158 valence electrons. The molecular weight excluding hydrogens is 366 g/mol.